The molecule has 0 spiro atoms. The van der Waals surface area contributed by atoms with E-state index < -0.39 is 0 Å². The minimum Gasteiger partial charge on any atom is -0.497 e. The Bertz CT molecular complexity index is 378. The van der Waals surface area contributed by atoms with Gasteiger partial charge in [0.2, 0.25) is 0 Å². The number of methoxy groups -OCH3 is 1. The second-order valence-electron chi connectivity index (χ2n) is 5.84. The Labute approximate surface area is 116 Å². The smallest absolute Gasteiger partial charge is 0.118 e. The third-order valence-corrected chi connectivity index (χ3v) is 4.00. The van der Waals surface area contributed by atoms with E-state index in [2.05, 4.69) is 24.0 Å². The van der Waals surface area contributed by atoms with Gasteiger partial charge in [0.15, 0.2) is 0 Å². The molecule has 1 saturated heterocycles. The van der Waals surface area contributed by atoms with Gasteiger partial charge in [0, 0.05) is 6.54 Å². The summed E-state index contributed by atoms with van der Waals surface area (Å²) in [4.78, 5) is 2.51. The molecule has 19 heavy (non-hydrogen) atoms. The summed E-state index contributed by atoms with van der Waals surface area (Å²) in [6.45, 7) is 5.42. The van der Waals surface area contributed by atoms with E-state index in [-0.39, 0.29) is 5.54 Å². The van der Waals surface area contributed by atoms with E-state index in [1.165, 1.54) is 44.3 Å². The third kappa shape index (κ3) is 3.95. The predicted molar refractivity (Wildman–Crippen MR) is 79.4 cm³/mol. The lowest BCUT2D eigenvalue weighted by Gasteiger charge is -2.32. The molecule has 1 aliphatic heterocycles. The standard InChI is InChI=1S/C16H26N2O/c1-16(17,13-18-11-5-3-4-6-12-18)14-7-9-15(19-2)10-8-14/h7-10H,3-6,11-13,17H2,1-2H3. The average Bonchev–Trinajstić information content (AvgIpc) is 2.67. The van der Waals surface area contributed by atoms with E-state index in [1.54, 1.807) is 7.11 Å². The first-order valence-electron chi connectivity index (χ1n) is 7.27. The van der Waals surface area contributed by atoms with E-state index in [4.69, 9.17) is 10.5 Å². The fourth-order valence-corrected chi connectivity index (χ4v) is 2.82. The predicted octanol–water partition coefficient (Wildman–Crippen LogP) is 2.75. The summed E-state index contributed by atoms with van der Waals surface area (Å²) in [6.07, 6.45) is 5.33. The number of hydrogen-bond donors (Lipinski definition) is 1. The molecule has 0 aliphatic carbocycles. The van der Waals surface area contributed by atoms with Crippen LogP contribution in [0.25, 0.3) is 0 Å². The van der Waals surface area contributed by atoms with Crippen LogP contribution in [0.2, 0.25) is 0 Å². The van der Waals surface area contributed by atoms with E-state index in [9.17, 15) is 0 Å². The van der Waals surface area contributed by atoms with Gasteiger partial charge in [-0.1, -0.05) is 25.0 Å². The van der Waals surface area contributed by atoms with Crippen LogP contribution in [0.15, 0.2) is 24.3 Å². The van der Waals surface area contributed by atoms with Crippen LogP contribution in [0.5, 0.6) is 5.75 Å². The lowest BCUT2D eigenvalue weighted by Crippen LogP contribution is -2.45. The van der Waals surface area contributed by atoms with Gasteiger partial charge >= 0.3 is 0 Å². The topological polar surface area (TPSA) is 38.5 Å². The van der Waals surface area contributed by atoms with Crippen LogP contribution < -0.4 is 10.5 Å². The lowest BCUT2D eigenvalue weighted by atomic mass is 9.92. The number of likely N-dealkylation sites (tertiary alicyclic amines) is 1. The summed E-state index contributed by atoms with van der Waals surface area (Å²) in [6, 6.07) is 8.14. The first-order valence-corrected chi connectivity index (χ1v) is 7.27. The highest BCUT2D eigenvalue weighted by molar-refractivity contribution is 5.31. The Morgan fingerprint density at radius 3 is 2.21 bits per heavy atom. The molecule has 0 saturated carbocycles. The molecule has 1 fully saturated rings. The monoisotopic (exact) mass is 262 g/mol. The Hall–Kier alpha value is -1.06. The molecular weight excluding hydrogens is 236 g/mol. The zero-order valence-corrected chi connectivity index (χ0v) is 12.2. The molecule has 0 radical (unpaired) electrons. The minimum atomic E-state index is -0.295. The summed E-state index contributed by atoms with van der Waals surface area (Å²) < 4.78 is 5.20. The normalized spacial score (nSPS) is 20.6. The molecule has 1 aromatic rings. The molecular formula is C16H26N2O. The average molecular weight is 262 g/mol. The highest BCUT2D eigenvalue weighted by atomic mass is 16.5. The number of benzene rings is 1. The Morgan fingerprint density at radius 1 is 1.11 bits per heavy atom. The zero-order valence-electron chi connectivity index (χ0n) is 12.2. The van der Waals surface area contributed by atoms with Gasteiger partial charge in [0.25, 0.3) is 0 Å². The van der Waals surface area contributed by atoms with Gasteiger partial charge in [-0.05, 0) is 50.6 Å². The van der Waals surface area contributed by atoms with Crippen molar-refractivity contribution in [3.63, 3.8) is 0 Å². The molecule has 0 amide bonds. The minimum absolute atomic E-state index is 0.295. The van der Waals surface area contributed by atoms with Crippen molar-refractivity contribution >= 4 is 0 Å². The maximum absolute atomic E-state index is 6.53. The lowest BCUT2D eigenvalue weighted by molar-refractivity contribution is 0.224. The van der Waals surface area contributed by atoms with Gasteiger partial charge < -0.3 is 15.4 Å². The Balaban J connectivity index is 2.02. The second kappa shape index (κ2) is 6.40. The van der Waals surface area contributed by atoms with Gasteiger partial charge in [0.1, 0.15) is 5.75 Å². The third-order valence-electron chi connectivity index (χ3n) is 4.00. The number of hydrogen-bond acceptors (Lipinski definition) is 3. The quantitative estimate of drug-likeness (QED) is 0.906. The van der Waals surface area contributed by atoms with Crippen LogP contribution in [0.4, 0.5) is 0 Å². The molecule has 106 valence electrons. The van der Waals surface area contributed by atoms with Crippen LogP contribution in [-0.4, -0.2) is 31.6 Å². The molecule has 2 rings (SSSR count). The largest absolute Gasteiger partial charge is 0.497 e. The van der Waals surface area contributed by atoms with Crippen LogP contribution in [-0.2, 0) is 5.54 Å². The van der Waals surface area contributed by atoms with Gasteiger partial charge in [0.05, 0.1) is 12.6 Å². The second-order valence-corrected chi connectivity index (χ2v) is 5.84. The summed E-state index contributed by atoms with van der Waals surface area (Å²) >= 11 is 0. The summed E-state index contributed by atoms with van der Waals surface area (Å²) in [5.74, 6) is 0.884. The van der Waals surface area contributed by atoms with E-state index in [0.717, 1.165) is 12.3 Å². The van der Waals surface area contributed by atoms with Gasteiger partial charge in [-0.2, -0.15) is 0 Å². The van der Waals surface area contributed by atoms with Crippen molar-refractivity contribution in [3.05, 3.63) is 29.8 Å². The van der Waals surface area contributed by atoms with Crippen LogP contribution in [0.1, 0.15) is 38.2 Å². The number of rotatable bonds is 4. The first-order chi connectivity index (χ1) is 9.12. The molecule has 1 heterocycles. The van der Waals surface area contributed by atoms with Crippen molar-refractivity contribution in [1.82, 2.24) is 4.90 Å². The fourth-order valence-electron chi connectivity index (χ4n) is 2.82. The molecule has 1 aliphatic rings. The van der Waals surface area contributed by atoms with E-state index in [1.807, 2.05) is 12.1 Å². The van der Waals surface area contributed by atoms with Crippen molar-refractivity contribution in [2.24, 2.45) is 5.73 Å². The molecule has 3 nitrogen and oxygen atoms in total. The van der Waals surface area contributed by atoms with E-state index in [0.29, 0.717) is 0 Å². The molecule has 1 unspecified atom stereocenters. The van der Waals surface area contributed by atoms with Crippen molar-refractivity contribution in [2.45, 2.75) is 38.1 Å². The first kappa shape index (κ1) is 14.4. The van der Waals surface area contributed by atoms with E-state index >= 15 is 0 Å². The summed E-state index contributed by atoms with van der Waals surface area (Å²) in [5, 5.41) is 0. The molecule has 2 N–H and O–H groups in total. The number of ether oxygens (including phenoxy) is 1. The Kier molecular flexibility index (Phi) is 4.83. The molecule has 1 aromatic carbocycles. The Morgan fingerprint density at radius 2 is 1.68 bits per heavy atom. The molecule has 3 heteroatoms. The number of nitrogens with zero attached hydrogens (tertiary/aromatic N) is 1. The van der Waals surface area contributed by atoms with Crippen molar-refractivity contribution < 1.29 is 4.74 Å². The molecule has 0 aromatic heterocycles. The summed E-state index contributed by atoms with van der Waals surface area (Å²) in [5.41, 5.74) is 7.41. The number of nitrogens with two attached hydrogens (primary N) is 1. The highest BCUT2D eigenvalue weighted by Gasteiger charge is 2.25. The van der Waals surface area contributed by atoms with Gasteiger partial charge in [-0.25, -0.2) is 0 Å². The molecule has 1 atom stereocenters. The SMILES string of the molecule is COc1ccc(C(C)(N)CN2CCCCCC2)cc1. The van der Waals surface area contributed by atoms with Crippen LogP contribution in [0, 0.1) is 0 Å². The zero-order chi connectivity index (χ0) is 13.7. The van der Waals surface area contributed by atoms with Crippen molar-refractivity contribution in [1.29, 1.82) is 0 Å². The van der Waals surface area contributed by atoms with Gasteiger partial charge in [-0.15, -0.1) is 0 Å². The maximum atomic E-state index is 6.53. The van der Waals surface area contributed by atoms with Gasteiger partial charge in [-0.3, -0.25) is 0 Å². The molecule has 0 bridgehead atoms. The van der Waals surface area contributed by atoms with Crippen LogP contribution in [0.3, 0.4) is 0 Å². The van der Waals surface area contributed by atoms with Crippen molar-refractivity contribution in [3.8, 4) is 5.75 Å². The highest BCUT2D eigenvalue weighted by Crippen LogP contribution is 2.23. The van der Waals surface area contributed by atoms with Crippen molar-refractivity contribution in [2.75, 3.05) is 26.7 Å². The fraction of sp³-hybridized carbons (Fsp3) is 0.625. The summed E-state index contributed by atoms with van der Waals surface area (Å²) in [7, 11) is 1.69. The van der Waals surface area contributed by atoms with Crippen LogP contribution >= 0.6 is 0 Å². The maximum Gasteiger partial charge on any atom is 0.118 e.